The van der Waals surface area contributed by atoms with Crippen LogP contribution in [0.5, 0.6) is 0 Å². The first kappa shape index (κ1) is 10.7. The summed E-state index contributed by atoms with van der Waals surface area (Å²) in [6.45, 7) is 3.34. The van der Waals surface area contributed by atoms with Crippen molar-refractivity contribution in [2.75, 3.05) is 0 Å². The predicted molar refractivity (Wildman–Crippen MR) is 58.3 cm³/mol. The van der Waals surface area contributed by atoms with Crippen molar-refractivity contribution < 1.29 is 0 Å². The maximum atomic E-state index is 4.26. The van der Waals surface area contributed by atoms with Crippen molar-refractivity contribution in [3.05, 3.63) is 35.7 Å². The van der Waals surface area contributed by atoms with Crippen LogP contribution >= 0.6 is 0 Å². The quantitative estimate of drug-likeness (QED) is 0.794. The minimum Gasteiger partial charge on any atom is -0.305 e. The Morgan fingerprint density at radius 3 is 2.69 bits per heavy atom. The highest BCUT2D eigenvalue weighted by Crippen LogP contribution is 1.96. The average molecular weight is 218 g/mol. The Balaban J connectivity index is 1.84. The van der Waals surface area contributed by atoms with Crippen molar-refractivity contribution >= 4 is 0 Å². The number of nitrogens with zero attached hydrogens (tertiary/aromatic N) is 5. The average Bonchev–Trinajstić information content (AvgIpc) is 2.68. The van der Waals surface area contributed by atoms with E-state index in [1.54, 1.807) is 23.3 Å². The second kappa shape index (κ2) is 4.80. The summed E-state index contributed by atoms with van der Waals surface area (Å²) >= 11 is 0. The zero-order valence-corrected chi connectivity index (χ0v) is 9.38. The number of aryl methyl sites for hydroxylation is 2. The van der Waals surface area contributed by atoms with Gasteiger partial charge in [0.2, 0.25) is 0 Å². The summed E-state index contributed by atoms with van der Waals surface area (Å²) in [5.41, 5.74) is 2.90. The van der Waals surface area contributed by atoms with Crippen LogP contribution in [0, 0.1) is 6.92 Å². The molecule has 84 valence electrons. The Hall–Kier alpha value is -1.82. The van der Waals surface area contributed by atoms with E-state index in [-0.39, 0.29) is 0 Å². The highest BCUT2D eigenvalue weighted by Gasteiger charge is 1.99. The molecule has 0 fully saturated rings. The van der Waals surface area contributed by atoms with E-state index in [1.165, 1.54) is 0 Å². The van der Waals surface area contributed by atoms with Gasteiger partial charge in [-0.15, -0.1) is 5.10 Å². The first-order valence-corrected chi connectivity index (χ1v) is 5.07. The Morgan fingerprint density at radius 2 is 2.06 bits per heavy atom. The maximum Gasteiger partial charge on any atom is 0.0738 e. The van der Waals surface area contributed by atoms with Gasteiger partial charge in [0.1, 0.15) is 0 Å². The van der Waals surface area contributed by atoms with Gasteiger partial charge in [0, 0.05) is 32.5 Å². The molecule has 2 aromatic heterocycles. The zero-order chi connectivity index (χ0) is 11.4. The van der Waals surface area contributed by atoms with E-state index < -0.39 is 0 Å². The topological polar surface area (TPSA) is 68.5 Å². The van der Waals surface area contributed by atoms with Gasteiger partial charge in [0.05, 0.1) is 23.3 Å². The molecule has 0 unspecified atom stereocenters. The molecule has 6 heteroatoms. The third-order valence-electron chi connectivity index (χ3n) is 2.25. The second-order valence-electron chi connectivity index (χ2n) is 3.60. The van der Waals surface area contributed by atoms with Gasteiger partial charge in [-0.05, 0) is 6.92 Å². The fraction of sp³-hybridized carbons (Fsp3) is 0.400. The summed E-state index contributed by atoms with van der Waals surface area (Å²) in [5, 5.41) is 10.9. The van der Waals surface area contributed by atoms with Crippen molar-refractivity contribution in [2.45, 2.75) is 20.0 Å². The molecule has 0 spiro atoms. The van der Waals surface area contributed by atoms with Crippen molar-refractivity contribution in [1.82, 2.24) is 30.3 Å². The zero-order valence-electron chi connectivity index (χ0n) is 9.38. The third-order valence-corrected chi connectivity index (χ3v) is 2.25. The normalized spacial score (nSPS) is 10.6. The molecule has 0 radical (unpaired) electrons. The monoisotopic (exact) mass is 218 g/mol. The summed E-state index contributed by atoms with van der Waals surface area (Å²) in [7, 11) is 1.87. The SMILES string of the molecule is Cc1cnc(CNCc2cnnn2C)cn1. The molecule has 0 amide bonds. The fourth-order valence-electron chi connectivity index (χ4n) is 1.30. The van der Waals surface area contributed by atoms with E-state index in [9.17, 15) is 0 Å². The minimum absolute atomic E-state index is 0.693. The van der Waals surface area contributed by atoms with Crippen LogP contribution in [0.4, 0.5) is 0 Å². The van der Waals surface area contributed by atoms with E-state index in [0.29, 0.717) is 6.54 Å². The molecular weight excluding hydrogens is 204 g/mol. The van der Waals surface area contributed by atoms with Crippen LogP contribution in [0.3, 0.4) is 0 Å². The molecule has 2 aromatic rings. The Kier molecular flexibility index (Phi) is 3.21. The van der Waals surface area contributed by atoms with Crippen molar-refractivity contribution in [3.63, 3.8) is 0 Å². The van der Waals surface area contributed by atoms with Crippen LogP contribution in [0.25, 0.3) is 0 Å². The van der Waals surface area contributed by atoms with Crippen LogP contribution in [-0.4, -0.2) is 25.0 Å². The summed E-state index contributed by atoms with van der Waals surface area (Å²) in [6.07, 6.45) is 5.29. The van der Waals surface area contributed by atoms with Crippen LogP contribution in [0.2, 0.25) is 0 Å². The summed E-state index contributed by atoms with van der Waals surface area (Å²) < 4.78 is 1.74. The number of hydrogen-bond acceptors (Lipinski definition) is 5. The van der Waals surface area contributed by atoms with Gasteiger partial charge in [0.25, 0.3) is 0 Å². The van der Waals surface area contributed by atoms with E-state index in [0.717, 1.165) is 23.6 Å². The Morgan fingerprint density at radius 1 is 1.19 bits per heavy atom. The van der Waals surface area contributed by atoms with Gasteiger partial charge in [-0.2, -0.15) is 0 Å². The molecule has 0 bridgehead atoms. The molecule has 16 heavy (non-hydrogen) atoms. The van der Waals surface area contributed by atoms with E-state index in [2.05, 4.69) is 25.6 Å². The number of aromatic nitrogens is 5. The van der Waals surface area contributed by atoms with Crippen LogP contribution in [-0.2, 0) is 20.1 Å². The molecular formula is C10H14N6. The highest BCUT2D eigenvalue weighted by atomic mass is 15.4. The van der Waals surface area contributed by atoms with E-state index >= 15 is 0 Å². The Labute approximate surface area is 93.7 Å². The molecule has 0 atom stereocenters. The lowest BCUT2D eigenvalue weighted by molar-refractivity contribution is 0.610. The molecule has 0 saturated heterocycles. The largest absolute Gasteiger partial charge is 0.305 e. The third kappa shape index (κ3) is 2.60. The standard InChI is InChI=1S/C10H14N6/c1-8-3-13-9(5-12-8)4-11-6-10-7-14-15-16(10)2/h3,5,7,11H,4,6H2,1-2H3. The molecule has 1 N–H and O–H groups in total. The molecule has 0 aliphatic carbocycles. The minimum atomic E-state index is 0.693. The summed E-state index contributed by atoms with van der Waals surface area (Å²) in [6, 6.07) is 0. The van der Waals surface area contributed by atoms with Crippen molar-refractivity contribution in [1.29, 1.82) is 0 Å². The van der Waals surface area contributed by atoms with E-state index in [4.69, 9.17) is 0 Å². The molecule has 0 aliphatic heterocycles. The molecule has 0 saturated carbocycles. The maximum absolute atomic E-state index is 4.26. The fourth-order valence-corrected chi connectivity index (χ4v) is 1.30. The smallest absolute Gasteiger partial charge is 0.0738 e. The van der Waals surface area contributed by atoms with Crippen molar-refractivity contribution in [2.24, 2.45) is 7.05 Å². The van der Waals surface area contributed by atoms with Gasteiger partial charge in [-0.1, -0.05) is 5.21 Å². The van der Waals surface area contributed by atoms with Gasteiger partial charge in [0.15, 0.2) is 0 Å². The Bertz CT molecular complexity index is 447. The predicted octanol–water partition coefficient (Wildman–Crippen LogP) is 0.203. The van der Waals surface area contributed by atoms with Gasteiger partial charge < -0.3 is 5.32 Å². The van der Waals surface area contributed by atoms with Gasteiger partial charge in [-0.3, -0.25) is 14.6 Å². The molecule has 0 aliphatic rings. The summed E-state index contributed by atoms with van der Waals surface area (Å²) in [4.78, 5) is 8.44. The lowest BCUT2D eigenvalue weighted by atomic mass is 10.4. The number of hydrogen-bond donors (Lipinski definition) is 1. The molecule has 6 nitrogen and oxygen atoms in total. The van der Waals surface area contributed by atoms with E-state index in [1.807, 2.05) is 14.0 Å². The lowest BCUT2D eigenvalue weighted by Crippen LogP contribution is -2.16. The molecule has 0 aromatic carbocycles. The first-order valence-electron chi connectivity index (χ1n) is 5.07. The summed E-state index contributed by atoms with van der Waals surface area (Å²) in [5.74, 6) is 0. The van der Waals surface area contributed by atoms with Crippen molar-refractivity contribution in [3.8, 4) is 0 Å². The highest BCUT2D eigenvalue weighted by molar-refractivity contribution is 5.01. The van der Waals surface area contributed by atoms with Gasteiger partial charge in [-0.25, -0.2) is 0 Å². The van der Waals surface area contributed by atoms with Crippen LogP contribution in [0.1, 0.15) is 17.1 Å². The molecule has 2 rings (SSSR count). The first-order chi connectivity index (χ1) is 7.75. The van der Waals surface area contributed by atoms with Crippen LogP contribution < -0.4 is 5.32 Å². The van der Waals surface area contributed by atoms with Gasteiger partial charge >= 0.3 is 0 Å². The molecule has 2 heterocycles. The number of nitrogens with one attached hydrogen (secondary N) is 1. The second-order valence-corrected chi connectivity index (χ2v) is 3.60. The number of rotatable bonds is 4. The van der Waals surface area contributed by atoms with Crippen LogP contribution in [0.15, 0.2) is 18.6 Å². The lowest BCUT2D eigenvalue weighted by Gasteiger charge is -2.03.